The number of nitrogens with zero attached hydrogens (tertiary/aromatic N) is 1. The zero-order valence-corrected chi connectivity index (χ0v) is 11.7. The third kappa shape index (κ3) is 3.25. The predicted octanol–water partition coefficient (Wildman–Crippen LogP) is 2.42. The lowest BCUT2D eigenvalue weighted by atomic mass is 10.1. The van der Waals surface area contributed by atoms with Crippen molar-refractivity contribution in [1.29, 1.82) is 0 Å². The van der Waals surface area contributed by atoms with Crippen molar-refractivity contribution in [1.82, 2.24) is 9.88 Å². The number of carbonyl (C=O) groups excluding carboxylic acids is 1. The molecule has 0 radical (unpaired) electrons. The fourth-order valence-electron chi connectivity index (χ4n) is 2.75. The number of hydrogen-bond acceptors (Lipinski definition) is 2. The molecule has 2 rings (SSSR count). The Kier molecular flexibility index (Phi) is 4.40. The quantitative estimate of drug-likeness (QED) is 0.906. The normalized spacial score (nSPS) is 15.9. The van der Waals surface area contributed by atoms with Crippen LogP contribution in [0.25, 0.3) is 0 Å². The zero-order valence-electron chi connectivity index (χ0n) is 11.7. The Hall–Kier alpha value is -1.58. The number of aromatic amines is 1. The molecule has 0 aromatic carbocycles. The Balaban J connectivity index is 2.24. The molecule has 1 saturated carbocycles. The molecule has 0 saturated heterocycles. The average Bonchev–Trinajstić information content (AvgIpc) is 2.89. The molecule has 1 aromatic heterocycles. The Labute approximate surface area is 113 Å². The Morgan fingerprint density at radius 1 is 1.42 bits per heavy atom. The van der Waals surface area contributed by atoms with Crippen LogP contribution in [0, 0.1) is 5.92 Å². The van der Waals surface area contributed by atoms with Crippen molar-refractivity contribution in [3.8, 4) is 0 Å². The van der Waals surface area contributed by atoms with Gasteiger partial charge in [0.15, 0.2) is 5.43 Å². The second kappa shape index (κ2) is 6.04. The third-order valence-corrected chi connectivity index (χ3v) is 3.64. The smallest absolute Gasteiger partial charge is 0.259 e. The fraction of sp³-hybridized carbons (Fsp3) is 0.600. The second-order valence-corrected chi connectivity index (χ2v) is 5.71. The van der Waals surface area contributed by atoms with Gasteiger partial charge in [-0.3, -0.25) is 9.59 Å². The average molecular weight is 262 g/mol. The number of H-pyrrole nitrogens is 1. The molecule has 1 aliphatic carbocycles. The van der Waals surface area contributed by atoms with Gasteiger partial charge in [-0.2, -0.15) is 0 Å². The standard InChI is InChI=1S/C15H22N2O2/c1-11(2)10-17(12-5-3-4-6-12)15(19)13-9-16-8-7-14(13)18/h7-9,11-12H,3-6,10H2,1-2H3,(H,16,18). The van der Waals surface area contributed by atoms with Crippen LogP contribution in [0.2, 0.25) is 0 Å². The van der Waals surface area contributed by atoms with Crippen LogP contribution in [0.15, 0.2) is 23.3 Å². The van der Waals surface area contributed by atoms with Crippen molar-refractivity contribution in [2.45, 2.75) is 45.6 Å². The lowest BCUT2D eigenvalue weighted by Gasteiger charge is -2.30. The van der Waals surface area contributed by atoms with Gasteiger partial charge < -0.3 is 9.88 Å². The van der Waals surface area contributed by atoms with Crippen molar-refractivity contribution in [2.75, 3.05) is 6.54 Å². The van der Waals surface area contributed by atoms with Crippen LogP contribution >= 0.6 is 0 Å². The Morgan fingerprint density at radius 3 is 2.68 bits per heavy atom. The molecule has 1 fully saturated rings. The highest BCUT2D eigenvalue weighted by molar-refractivity contribution is 5.94. The van der Waals surface area contributed by atoms with E-state index in [0.29, 0.717) is 12.0 Å². The molecule has 1 aromatic rings. The summed E-state index contributed by atoms with van der Waals surface area (Å²) >= 11 is 0. The first-order valence-corrected chi connectivity index (χ1v) is 7.07. The summed E-state index contributed by atoms with van der Waals surface area (Å²) in [6.07, 6.45) is 7.55. The van der Waals surface area contributed by atoms with Crippen LogP contribution in [0.1, 0.15) is 49.9 Å². The molecule has 1 aliphatic rings. The third-order valence-electron chi connectivity index (χ3n) is 3.64. The number of amides is 1. The summed E-state index contributed by atoms with van der Waals surface area (Å²) in [5.74, 6) is 0.287. The first kappa shape index (κ1) is 13.8. The van der Waals surface area contributed by atoms with Gasteiger partial charge >= 0.3 is 0 Å². The summed E-state index contributed by atoms with van der Waals surface area (Å²) in [4.78, 5) is 29.1. The molecule has 4 nitrogen and oxygen atoms in total. The monoisotopic (exact) mass is 262 g/mol. The number of rotatable bonds is 4. The molecule has 0 unspecified atom stereocenters. The Morgan fingerprint density at radius 2 is 2.11 bits per heavy atom. The summed E-state index contributed by atoms with van der Waals surface area (Å²) in [7, 11) is 0. The van der Waals surface area contributed by atoms with Crippen molar-refractivity contribution < 1.29 is 4.79 Å². The number of hydrogen-bond donors (Lipinski definition) is 1. The number of carbonyl (C=O) groups is 1. The van der Waals surface area contributed by atoms with Crippen LogP contribution in [0.5, 0.6) is 0 Å². The summed E-state index contributed by atoms with van der Waals surface area (Å²) in [5, 5.41) is 0. The van der Waals surface area contributed by atoms with Crippen molar-refractivity contribution in [3.63, 3.8) is 0 Å². The molecule has 104 valence electrons. The van der Waals surface area contributed by atoms with E-state index in [4.69, 9.17) is 0 Å². The number of nitrogens with one attached hydrogen (secondary N) is 1. The van der Waals surface area contributed by atoms with E-state index < -0.39 is 0 Å². The molecule has 4 heteroatoms. The molecule has 0 aliphatic heterocycles. The fourth-order valence-corrected chi connectivity index (χ4v) is 2.75. The van der Waals surface area contributed by atoms with E-state index in [1.165, 1.54) is 25.1 Å². The maximum absolute atomic E-state index is 12.6. The lowest BCUT2D eigenvalue weighted by molar-refractivity contribution is 0.0654. The van der Waals surface area contributed by atoms with Gasteiger partial charge in [-0.15, -0.1) is 0 Å². The van der Waals surface area contributed by atoms with E-state index in [1.54, 1.807) is 6.20 Å². The lowest BCUT2D eigenvalue weighted by Crippen LogP contribution is -2.42. The van der Waals surface area contributed by atoms with Gasteiger partial charge in [0.2, 0.25) is 0 Å². The van der Waals surface area contributed by atoms with Crippen LogP contribution in [0.4, 0.5) is 0 Å². The minimum Gasteiger partial charge on any atom is -0.367 e. The second-order valence-electron chi connectivity index (χ2n) is 5.71. The van der Waals surface area contributed by atoms with Crippen molar-refractivity contribution in [3.05, 3.63) is 34.2 Å². The maximum atomic E-state index is 12.6. The van der Waals surface area contributed by atoms with Gasteiger partial charge in [0, 0.05) is 31.0 Å². The topological polar surface area (TPSA) is 53.2 Å². The molecule has 0 bridgehead atoms. The van der Waals surface area contributed by atoms with E-state index in [1.807, 2.05) is 4.90 Å². The highest BCUT2D eigenvalue weighted by Gasteiger charge is 2.28. The Bertz CT molecular complexity index is 487. The summed E-state index contributed by atoms with van der Waals surface area (Å²) in [6.45, 7) is 4.92. The summed E-state index contributed by atoms with van der Waals surface area (Å²) in [5.41, 5.74) is 0.0607. The molecule has 1 N–H and O–H groups in total. The molecule has 1 amide bonds. The van der Waals surface area contributed by atoms with Gasteiger partial charge in [-0.1, -0.05) is 26.7 Å². The molecule has 19 heavy (non-hydrogen) atoms. The molecular formula is C15H22N2O2. The van der Waals surface area contributed by atoms with Crippen LogP contribution in [0.3, 0.4) is 0 Å². The minimum absolute atomic E-state index is 0.123. The summed E-state index contributed by atoms with van der Waals surface area (Å²) < 4.78 is 0. The van der Waals surface area contributed by atoms with Gasteiger partial charge in [0.05, 0.1) is 0 Å². The zero-order chi connectivity index (χ0) is 13.8. The largest absolute Gasteiger partial charge is 0.367 e. The van der Waals surface area contributed by atoms with Gasteiger partial charge in [-0.25, -0.2) is 0 Å². The molecule has 0 spiro atoms. The number of pyridine rings is 1. The van der Waals surface area contributed by atoms with E-state index >= 15 is 0 Å². The first-order chi connectivity index (χ1) is 9.09. The minimum atomic E-state index is -0.199. The predicted molar refractivity (Wildman–Crippen MR) is 75.2 cm³/mol. The van der Waals surface area contributed by atoms with E-state index in [-0.39, 0.29) is 16.9 Å². The van der Waals surface area contributed by atoms with E-state index in [0.717, 1.165) is 19.4 Å². The summed E-state index contributed by atoms with van der Waals surface area (Å²) in [6, 6.07) is 1.71. The first-order valence-electron chi connectivity index (χ1n) is 7.07. The van der Waals surface area contributed by atoms with E-state index in [9.17, 15) is 9.59 Å². The van der Waals surface area contributed by atoms with Crippen LogP contribution in [-0.4, -0.2) is 28.4 Å². The van der Waals surface area contributed by atoms with Crippen molar-refractivity contribution in [2.24, 2.45) is 5.92 Å². The highest BCUT2D eigenvalue weighted by atomic mass is 16.2. The van der Waals surface area contributed by atoms with Crippen LogP contribution in [-0.2, 0) is 0 Å². The van der Waals surface area contributed by atoms with E-state index in [2.05, 4.69) is 18.8 Å². The van der Waals surface area contributed by atoms with Crippen molar-refractivity contribution >= 4 is 5.91 Å². The number of aromatic nitrogens is 1. The highest BCUT2D eigenvalue weighted by Crippen LogP contribution is 2.25. The van der Waals surface area contributed by atoms with Crippen LogP contribution < -0.4 is 5.43 Å². The maximum Gasteiger partial charge on any atom is 0.259 e. The van der Waals surface area contributed by atoms with Gasteiger partial charge in [-0.05, 0) is 18.8 Å². The van der Waals surface area contributed by atoms with Gasteiger partial charge in [0.25, 0.3) is 5.91 Å². The molecule has 0 atom stereocenters. The van der Waals surface area contributed by atoms with Gasteiger partial charge in [0.1, 0.15) is 5.56 Å². The molecule has 1 heterocycles. The molecular weight excluding hydrogens is 240 g/mol. The SMILES string of the molecule is CC(C)CN(C(=O)c1c[nH]ccc1=O)C1CCCC1.